The molecule has 2 aromatic rings. The van der Waals surface area contributed by atoms with E-state index >= 15 is 0 Å². The van der Waals surface area contributed by atoms with E-state index in [9.17, 15) is 9.18 Å². The summed E-state index contributed by atoms with van der Waals surface area (Å²) in [5.41, 5.74) is 2.17. The second kappa shape index (κ2) is 8.29. The molecule has 2 rings (SSSR count). The molecule has 2 aromatic carbocycles. The van der Waals surface area contributed by atoms with Crippen LogP contribution in [-0.4, -0.2) is 19.5 Å². The van der Waals surface area contributed by atoms with Crippen LogP contribution in [0.3, 0.4) is 0 Å². The molecule has 4 nitrogen and oxygen atoms in total. The van der Waals surface area contributed by atoms with Crippen LogP contribution in [0.25, 0.3) is 0 Å². The van der Waals surface area contributed by atoms with Crippen LogP contribution in [0.15, 0.2) is 42.5 Å². The lowest BCUT2D eigenvalue weighted by Gasteiger charge is -2.21. The van der Waals surface area contributed by atoms with E-state index in [2.05, 4.69) is 24.1 Å². The van der Waals surface area contributed by atoms with Gasteiger partial charge in [0, 0.05) is 37.0 Å². The molecule has 130 valence electrons. The second-order valence-electron chi connectivity index (χ2n) is 6.42. The summed E-state index contributed by atoms with van der Waals surface area (Å²) < 4.78 is 13.8. The van der Waals surface area contributed by atoms with Crippen LogP contribution in [0.4, 0.5) is 10.1 Å². The predicted octanol–water partition coefficient (Wildman–Crippen LogP) is 3.72. The number of amides is 1. The van der Waals surface area contributed by atoms with Gasteiger partial charge in [0.25, 0.3) is 5.91 Å². The maximum atomic E-state index is 13.8. The normalized spacial score (nSPS) is 10.4. The highest BCUT2D eigenvalue weighted by molar-refractivity contribution is 5.94. The molecular weight excluding hydrogens is 317 g/mol. The van der Waals surface area contributed by atoms with Gasteiger partial charge in [-0.25, -0.2) is 4.39 Å². The highest BCUT2D eigenvalue weighted by atomic mass is 19.1. The topological polar surface area (TPSA) is 56.1 Å². The Morgan fingerprint density at radius 3 is 2.48 bits per heavy atom. The predicted molar refractivity (Wildman–Crippen MR) is 96.8 cm³/mol. The van der Waals surface area contributed by atoms with Crippen LogP contribution in [-0.2, 0) is 6.54 Å². The van der Waals surface area contributed by atoms with Gasteiger partial charge in [-0.1, -0.05) is 19.9 Å². The van der Waals surface area contributed by atoms with Gasteiger partial charge in [0.05, 0.1) is 11.6 Å². The van der Waals surface area contributed by atoms with Gasteiger partial charge in [-0.2, -0.15) is 5.26 Å². The van der Waals surface area contributed by atoms with Crippen molar-refractivity contribution >= 4 is 11.6 Å². The largest absolute Gasteiger partial charge is 0.374 e. The maximum Gasteiger partial charge on any atom is 0.251 e. The number of carbonyl (C=O) groups is 1. The monoisotopic (exact) mass is 339 g/mol. The summed E-state index contributed by atoms with van der Waals surface area (Å²) in [6.07, 6.45) is 0. The van der Waals surface area contributed by atoms with Crippen LogP contribution in [0.5, 0.6) is 0 Å². The molecule has 0 unspecified atom stereocenters. The first-order valence-corrected chi connectivity index (χ1v) is 8.18. The third kappa shape index (κ3) is 5.05. The molecule has 0 fully saturated rings. The molecule has 0 bridgehead atoms. The van der Waals surface area contributed by atoms with Gasteiger partial charge in [0.1, 0.15) is 5.82 Å². The molecule has 25 heavy (non-hydrogen) atoms. The van der Waals surface area contributed by atoms with Crippen molar-refractivity contribution in [1.29, 1.82) is 5.26 Å². The molecule has 0 spiro atoms. The number of hydrogen-bond acceptors (Lipinski definition) is 3. The minimum atomic E-state index is -0.495. The van der Waals surface area contributed by atoms with Gasteiger partial charge in [-0.15, -0.1) is 0 Å². The molecule has 0 radical (unpaired) electrons. The fourth-order valence-corrected chi connectivity index (χ4v) is 2.56. The number of rotatable bonds is 6. The summed E-state index contributed by atoms with van der Waals surface area (Å²) in [6.45, 7) is 5.32. The highest BCUT2D eigenvalue weighted by Gasteiger charge is 2.09. The SMILES string of the molecule is CC(C)CN(C)c1ccc(C(=O)NCc2ccc(C#N)cc2F)cc1. The first-order chi connectivity index (χ1) is 11.9. The lowest BCUT2D eigenvalue weighted by Crippen LogP contribution is -2.24. The number of nitriles is 1. The van der Waals surface area contributed by atoms with E-state index in [0.717, 1.165) is 12.2 Å². The summed E-state index contributed by atoms with van der Waals surface area (Å²) >= 11 is 0. The zero-order valence-corrected chi connectivity index (χ0v) is 14.7. The summed E-state index contributed by atoms with van der Waals surface area (Å²) in [6, 6.07) is 13.4. The fourth-order valence-electron chi connectivity index (χ4n) is 2.56. The van der Waals surface area contributed by atoms with Gasteiger partial charge in [0.2, 0.25) is 0 Å². The number of nitrogens with one attached hydrogen (secondary N) is 1. The average molecular weight is 339 g/mol. The van der Waals surface area contributed by atoms with E-state index in [1.165, 1.54) is 18.2 Å². The van der Waals surface area contributed by atoms with Crippen LogP contribution in [0, 0.1) is 23.1 Å². The molecule has 5 heteroatoms. The van der Waals surface area contributed by atoms with Crippen LogP contribution in [0.1, 0.15) is 35.3 Å². The van der Waals surface area contributed by atoms with Gasteiger partial charge >= 0.3 is 0 Å². The number of carbonyl (C=O) groups excluding carboxylic acids is 1. The van der Waals surface area contributed by atoms with Crippen LogP contribution < -0.4 is 10.2 Å². The van der Waals surface area contributed by atoms with Gasteiger partial charge in [0.15, 0.2) is 0 Å². The average Bonchev–Trinajstić information content (AvgIpc) is 2.59. The Hall–Kier alpha value is -2.87. The van der Waals surface area contributed by atoms with Gasteiger partial charge < -0.3 is 10.2 Å². The first kappa shape index (κ1) is 18.5. The summed E-state index contributed by atoms with van der Waals surface area (Å²) in [7, 11) is 2.02. The molecule has 1 amide bonds. The molecule has 0 saturated heterocycles. The number of halogens is 1. The third-order valence-corrected chi connectivity index (χ3v) is 3.83. The first-order valence-electron chi connectivity index (χ1n) is 8.18. The van der Waals surface area contributed by atoms with Crippen molar-refractivity contribution in [2.45, 2.75) is 20.4 Å². The van der Waals surface area contributed by atoms with Crippen molar-refractivity contribution in [1.82, 2.24) is 5.32 Å². The van der Waals surface area contributed by atoms with Crippen molar-refractivity contribution in [2.24, 2.45) is 5.92 Å². The molecule has 1 N–H and O–H groups in total. The zero-order valence-electron chi connectivity index (χ0n) is 14.7. The zero-order chi connectivity index (χ0) is 18.4. The maximum absolute atomic E-state index is 13.8. The Morgan fingerprint density at radius 1 is 1.24 bits per heavy atom. The molecule has 0 aliphatic rings. The summed E-state index contributed by atoms with van der Waals surface area (Å²) in [4.78, 5) is 14.3. The number of nitrogens with zero attached hydrogens (tertiary/aromatic N) is 2. The summed E-state index contributed by atoms with van der Waals surface area (Å²) in [5, 5.41) is 11.4. The van der Waals surface area contributed by atoms with Gasteiger partial charge in [-0.3, -0.25) is 4.79 Å². The Labute approximate surface area is 147 Å². The van der Waals surface area contributed by atoms with E-state index in [0.29, 0.717) is 17.0 Å². The van der Waals surface area contributed by atoms with Crippen LogP contribution >= 0.6 is 0 Å². The lowest BCUT2D eigenvalue weighted by atomic mass is 10.1. The number of hydrogen-bond donors (Lipinski definition) is 1. The van der Waals surface area contributed by atoms with E-state index < -0.39 is 5.82 Å². The molecule has 0 heterocycles. The number of benzene rings is 2. The smallest absolute Gasteiger partial charge is 0.251 e. The molecule has 0 aromatic heterocycles. The second-order valence-corrected chi connectivity index (χ2v) is 6.42. The van der Waals surface area contributed by atoms with Crippen molar-refractivity contribution in [3.05, 3.63) is 65.0 Å². The minimum absolute atomic E-state index is 0.0748. The molecule has 0 aliphatic heterocycles. The molecule has 0 saturated carbocycles. The Balaban J connectivity index is 1.98. The Morgan fingerprint density at radius 2 is 1.92 bits per heavy atom. The molecule has 0 aliphatic carbocycles. The van der Waals surface area contributed by atoms with Gasteiger partial charge in [-0.05, 0) is 42.3 Å². The Bertz CT molecular complexity index is 779. The third-order valence-electron chi connectivity index (χ3n) is 3.83. The Kier molecular flexibility index (Phi) is 6.13. The fraction of sp³-hybridized carbons (Fsp3) is 0.300. The lowest BCUT2D eigenvalue weighted by molar-refractivity contribution is 0.0950. The minimum Gasteiger partial charge on any atom is -0.374 e. The quantitative estimate of drug-likeness (QED) is 0.873. The molecular formula is C20H22FN3O. The van der Waals surface area contributed by atoms with E-state index in [1.54, 1.807) is 12.1 Å². The van der Waals surface area contributed by atoms with E-state index in [4.69, 9.17) is 5.26 Å². The standard InChI is InChI=1S/C20H22FN3O/c1-14(2)13-24(3)18-8-6-16(7-9-18)20(25)23-12-17-5-4-15(11-22)10-19(17)21/h4-10,14H,12-13H2,1-3H3,(H,23,25). The number of anilines is 1. The van der Waals surface area contributed by atoms with E-state index in [1.807, 2.05) is 25.2 Å². The van der Waals surface area contributed by atoms with Crippen molar-refractivity contribution in [2.75, 3.05) is 18.5 Å². The van der Waals surface area contributed by atoms with Crippen molar-refractivity contribution < 1.29 is 9.18 Å². The van der Waals surface area contributed by atoms with Crippen LogP contribution in [0.2, 0.25) is 0 Å². The highest BCUT2D eigenvalue weighted by Crippen LogP contribution is 2.15. The van der Waals surface area contributed by atoms with Crippen molar-refractivity contribution in [3.8, 4) is 6.07 Å². The van der Waals surface area contributed by atoms with E-state index in [-0.39, 0.29) is 18.0 Å². The van der Waals surface area contributed by atoms with Crippen molar-refractivity contribution in [3.63, 3.8) is 0 Å². The summed E-state index contributed by atoms with van der Waals surface area (Å²) in [5.74, 6) is -0.206. The molecule has 0 atom stereocenters.